The lowest BCUT2D eigenvalue weighted by molar-refractivity contribution is -0.140. The van der Waals surface area contributed by atoms with Gasteiger partial charge in [-0.2, -0.15) is 4.68 Å². The lowest BCUT2D eigenvalue weighted by Gasteiger charge is -2.29. The van der Waals surface area contributed by atoms with E-state index in [1.54, 1.807) is 11.6 Å². The van der Waals surface area contributed by atoms with Gasteiger partial charge in [-0.15, -0.1) is 0 Å². The maximum absolute atomic E-state index is 13.4. The van der Waals surface area contributed by atoms with Crippen LogP contribution < -0.4 is 5.32 Å². The Balaban J connectivity index is 1.56. The normalized spacial score (nSPS) is 15.8. The van der Waals surface area contributed by atoms with E-state index in [4.69, 9.17) is 4.74 Å². The second kappa shape index (κ2) is 9.52. The van der Waals surface area contributed by atoms with Crippen LogP contribution >= 0.6 is 0 Å². The molecule has 4 aromatic rings. The van der Waals surface area contributed by atoms with E-state index in [1.807, 2.05) is 85.8 Å². The van der Waals surface area contributed by atoms with Crippen LogP contribution in [-0.2, 0) is 16.1 Å². The Morgan fingerprint density at radius 1 is 1.06 bits per heavy atom. The molecule has 0 spiro atoms. The Morgan fingerprint density at radius 2 is 1.77 bits per heavy atom. The molecule has 1 aliphatic rings. The van der Waals surface area contributed by atoms with E-state index in [2.05, 4.69) is 20.8 Å². The van der Waals surface area contributed by atoms with Crippen LogP contribution in [0.25, 0.3) is 11.1 Å². The van der Waals surface area contributed by atoms with Crippen molar-refractivity contribution in [2.75, 3.05) is 5.32 Å². The van der Waals surface area contributed by atoms with Gasteiger partial charge in [0.25, 0.3) is 0 Å². The number of esters is 1. The number of nitrogens with one attached hydrogen (secondary N) is 1. The van der Waals surface area contributed by atoms with Crippen molar-refractivity contribution in [3.63, 3.8) is 0 Å². The number of ether oxygens (including phenoxy) is 1. The summed E-state index contributed by atoms with van der Waals surface area (Å²) in [6.45, 7) is 3.72. The molecule has 0 saturated heterocycles. The van der Waals surface area contributed by atoms with E-state index in [1.165, 1.54) is 0 Å². The lowest BCUT2D eigenvalue weighted by Crippen LogP contribution is -2.30. The molecule has 2 heterocycles. The third-order valence-corrected chi connectivity index (χ3v) is 6.11. The molecule has 1 aromatic heterocycles. The van der Waals surface area contributed by atoms with E-state index in [9.17, 15) is 9.90 Å². The molecule has 2 unspecified atom stereocenters. The van der Waals surface area contributed by atoms with Crippen molar-refractivity contribution in [2.45, 2.75) is 32.6 Å². The smallest absolute Gasteiger partial charge is 0.338 e. The highest BCUT2D eigenvalue weighted by Gasteiger charge is 2.36. The van der Waals surface area contributed by atoms with Gasteiger partial charge in [-0.3, -0.25) is 0 Å². The second-order valence-electron chi connectivity index (χ2n) is 8.46. The predicted molar refractivity (Wildman–Crippen MR) is 131 cm³/mol. The van der Waals surface area contributed by atoms with Gasteiger partial charge in [0.05, 0.1) is 11.7 Å². The van der Waals surface area contributed by atoms with E-state index in [0.717, 1.165) is 27.8 Å². The fraction of sp³-hybridized carbons (Fsp3) is 0.185. The minimum atomic E-state index is -0.586. The molecule has 5 rings (SSSR count). The Hall–Kier alpha value is -4.30. The number of rotatable bonds is 6. The molecule has 0 radical (unpaired) electrons. The summed E-state index contributed by atoms with van der Waals surface area (Å²) in [5, 5.41) is 25.1. The molecule has 3 aromatic carbocycles. The number of carbonyl (C=O) groups excluding carboxylic acids is 1. The number of aromatic nitrogens is 4. The molecular weight excluding hydrogens is 442 g/mol. The Kier molecular flexibility index (Phi) is 6.12. The van der Waals surface area contributed by atoms with Crippen LogP contribution in [0.2, 0.25) is 0 Å². The van der Waals surface area contributed by atoms with Crippen molar-refractivity contribution < 1.29 is 14.6 Å². The van der Waals surface area contributed by atoms with Crippen LogP contribution in [0.15, 0.2) is 90.1 Å². The monoisotopic (exact) mass is 467 g/mol. The van der Waals surface area contributed by atoms with Crippen LogP contribution in [0.5, 0.6) is 0 Å². The van der Waals surface area contributed by atoms with E-state index >= 15 is 0 Å². The number of allylic oxidation sites excluding steroid dienone is 1. The van der Waals surface area contributed by atoms with Crippen molar-refractivity contribution in [1.82, 2.24) is 20.2 Å². The maximum atomic E-state index is 13.4. The van der Waals surface area contributed by atoms with Gasteiger partial charge in [0.1, 0.15) is 12.6 Å². The van der Waals surface area contributed by atoms with Crippen molar-refractivity contribution in [2.24, 2.45) is 0 Å². The summed E-state index contributed by atoms with van der Waals surface area (Å²) in [7, 11) is 0. The first-order valence-corrected chi connectivity index (χ1v) is 11.4. The van der Waals surface area contributed by atoms with Gasteiger partial charge >= 0.3 is 5.97 Å². The van der Waals surface area contributed by atoms with Crippen LogP contribution in [0.1, 0.15) is 42.7 Å². The van der Waals surface area contributed by atoms with Gasteiger partial charge in [0, 0.05) is 5.70 Å². The first kappa shape index (κ1) is 22.5. The number of hydrogen-bond donors (Lipinski definition) is 2. The molecule has 176 valence electrons. The van der Waals surface area contributed by atoms with Crippen molar-refractivity contribution in [1.29, 1.82) is 0 Å². The minimum absolute atomic E-state index is 0.161. The molecule has 8 nitrogen and oxygen atoms in total. The number of nitrogens with zero attached hydrogens (tertiary/aromatic N) is 4. The Bertz CT molecular complexity index is 1380. The highest BCUT2D eigenvalue weighted by Crippen LogP contribution is 2.39. The fourth-order valence-corrected chi connectivity index (χ4v) is 4.30. The first-order chi connectivity index (χ1) is 17.0. The molecule has 2 atom stereocenters. The second-order valence-corrected chi connectivity index (χ2v) is 8.46. The third-order valence-electron chi connectivity index (χ3n) is 6.11. The summed E-state index contributed by atoms with van der Waals surface area (Å²) in [4.78, 5) is 13.4. The van der Waals surface area contributed by atoms with Crippen LogP contribution in [0.4, 0.5) is 5.95 Å². The number of hydrogen-bond acceptors (Lipinski definition) is 7. The van der Waals surface area contributed by atoms with Gasteiger partial charge in [-0.05, 0) is 52.1 Å². The van der Waals surface area contributed by atoms with Gasteiger partial charge in [0.15, 0.2) is 0 Å². The first-order valence-electron chi connectivity index (χ1n) is 11.4. The van der Waals surface area contributed by atoms with Gasteiger partial charge in [-0.25, -0.2) is 4.79 Å². The summed E-state index contributed by atoms with van der Waals surface area (Å²) in [5.41, 5.74) is 5.55. The van der Waals surface area contributed by atoms with Crippen molar-refractivity contribution in [3.05, 3.63) is 107 Å². The van der Waals surface area contributed by atoms with Crippen LogP contribution in [-0.4, -0.2) is 31.3 Å². The number of tetrazole rings is 1. The molecule has 8 heteroatoms. The number of anilines is 1. The SMILES string of the molecule is CC1=C(C(=O)OCc2ccccc2)C(c2ccccc2-c2ccc(C(C)O)cc2)n2nnnc2N1. The topological polar surface area (TPSA) is 102 Å². The Labute approximate surface area is 202 Å². The summed E-state index contributed by atoms with van der Waals surface area (Å²) in [6.07, 6.45) is -0.552. The molecule has 0 fully saturated rings. The number of carbonyl (C=O) groups is 1. The number of aliphatic hydroxyl groups is 1. The largest absolute Gasteiger partial charge is 0.457 e. The Morgan fingerprint density at radius 3 is 2.51 bits per heavy atom. The van der Waals surface area contributed by atoms with Gasteiger partial charge in [-0.1, -0.05) is 84.0 Å². The lowest BCUT2D eigenvalue weighted by atomic mass is 9.89. The quantitative estimate of drug-likeness (QED) is 0.405. The molecule has 0 aliphatic carbocycles. The summed E-state index contributed by atoms with van der Waals surface area (Å²) in [6, 6.07) is 24.6. The van der Waals surface area contributed by atoms with Crippen molar-refractivity contribution >= 4 is 11.9 Å². The molecular formula is C27H25N5O3. The maximum Gasteiger partial charge on any atom is 0.338 e. The molecule has 0 saturated carbocycles. The zero-order valence-corrected chi connectivity index (χ0v) is 19.4. The number of benzene rings is 3. The zero-order valence-electron chi connectivity index (χ0n) is 19.4. The van der Waals surface area contributed by atoms with E-state index in [-0.39, 0.29) is 6.61 Å². The van der Waals surface area contributed by atoms with Gasteiger partial charge in [0.2, 0.25) is 5.95 Å². The van der Waals surface area contributed by atoms with E-state index < -0.39 is 18.1 Å². The highest BCUT2D eigenvalue weighted by atomic mass is 16.5. The predicted octanol–water partition coefficient (Wildman–Crippen LogP) is 4.43. The highest BCUT2D eigenvalue weighted by molar-refractivity contribution is 5.93. The third kappa shape index (κ3) is 4.43. The minimum Gasteiger partial charge on any atom is -0.457 e. The summed E-state index contributed by atoms with van der Waals surface area (Å²) >= 11 is 0. The summed E-state index contributed by atoms with van der Waals surface area (Å²) < 4.78 is 7.33. The van der Waals surface area contributed by atoms with E-state index in [0.29, 0.717) is 17.2 Å². The van der Waals surface area contributed by atoms with Gasteiger partial charge < -0.3 is 15.2 Å². The summed E-state index contributed by atoms with van der Waals surface area (Å²) in [5.74, 6) is 0.00984. The average molecular weight is 468 g/mol. The molecule has 0 bridgehead atoms. The zero-order chi connectivity index (χ0) is 24.4. The standard InChI is InChI=1S/C27H25N5O3/c1-17-24(26(34)35-16-19-8-4-3-5-9-19)25(32-27(28-17)29-30-31-32)23-11-7-6-10-22(23)21-14-12-20(13-15-21)18(2)33/h3-15,18,25,33H,16H2,1-2H3,(H,28,29,31). The average Bonchev–Trinajstić information content (AvgIpc) is 3.35. The number of fused-ring (bicyclic) bond motifs is 1. The molecule has 2 N–H and O–H groups in total. The van der Waals surface area contributed by atoms with Crippen molar-refractivity contribution in [3.8, 4) is 11.1 Å². The molecule has 1 aliphatic heterocycles. The molecule has 0 amide bonds. The van der Waals surface area contributed by atoms with Crippen LogP contribution in [0, 0.1) is 0 Å². The molecule has 35 heavy (non-hydrogen) atoms. The van der Waals surface area contributed by atoms with Crippen LogP contribution in [0.3, 0.4) is 0 Å². The fourth-order valence-electron chi connectivity index (χ4n) is 4.30. The number of aliphatic hydroxyl groups excluding tert-OH is 1.